The molecule has 0 fully saturated rings. The van der Waals surface area contributed by atoms with Crippen molar-refractivity contribution in [2.75, 3.05) is 6.54 Å². The van der Waals surface area contributed by atoms with E-state index in [2.05, 4.69) is 4.99 Å². The summed E-state index contributed by atoms with van der Waals surface area (Å²) in [6.45, 7) is 0.160. The lowest BCUT2D eigenvalue weighted by Crippen LogP contribution is -2.37. The maximum atomic E-state index is 11.9. The van der Waals surface area contributed by atoms with Crippen LogP contribution in [0.25, 0.3) is 0 Å². The van der Waals surface area contributed by atoms with Crippen LogP contribution in [0.3, 0.4) is 0 Å². The number of hydrazine groups is 1. The molecule has 1 aromatic rings. The highest BCUT2D eigenvalue weighted by Gasteiger charge is 2.22. The lowest BCUT2D eigenvalue weighted by Gasteiger charge is -2.08. The molecule has 9 nitrogen and oxygen atoms in total. The Morgan fingerprint density at radius 2 is 1.95 bits per heavy atom. The van der Waals surface area contributed by atoms with Crippen molar-refractivity contribution in [3.05, 3.63) is 46.0 Å². The standard InChI is InChI=1S/C13H17N5O4/c14-10(7-4-8-16-13(15)17-18(21)22)12(20)11(19)9-5-2-1-3-6-9/h1-3,5-6,10H,4,7-8,14H2,(H3,15,16,17). The average molecular weight is 307 g/mol. The number of nitrogens with zero attached hydrogens (tertiary/aromatic N) is 2. The zero-order chi connectivity index (χ0) is 16.5. The van der Waals surface area contributed by atoms with Crippen molar-refractivity contribution < 1.29 is 14.6 Å². The van der Waals surface area contributed by atoms with Crippen LogP contribution in [0.2, 0.25) is 0 Å². The molecule has 0 bridgehead atoms. The van der Waals surface area contributed by atoms with Crippen LogP contribution in [0.15, 0.2) is 35.3 Å². The Balaban J connectivity index is 2.42. The molecule has 0 aliphatic rings. The summed E-state index contributed by atoms with van der Waals surface area (Å²) in [6, 6.07) is 7.20. The number of aliphatic imine (C=N–C) groups is 1. The van der Waals surface area contributed by atoms with Gasteiger partial charge in [0.05, 0.1) is 6.04 Å². The molecule has 0 heterocycles. The largest absolute Gasteiger partial charge is 0.365 e. The van der Waals surface area contributed by atoms with Gasteiger partial charge >= 0.3 is 0 Å². The SMILES string of the molecule is NC(=NCCCC(N)C(=O)C(=O)c1ccccc1)N[N+](=O)[O-]. The summed E-state index contributed by atoms with van der Waals surface area (Å²) < 4.78 is 0. The number of carbonyl (C=O) groups is 2. The second-order valence-electron chi connectivity index (χ2n) is 4.44. The second kappa shape index (κ2) is 8.47. The number of nitrogens with one attached hydrogen (secondary N) is 1. The number of nitrogens with two attached hydrogens (primary N) is 2. The molecular formula is C13H17N5O4. The Bertz CT molecular complexity index is 573. The van der Waals surface area contributed by atoms with Crippen molar-refractivity contribution in [2.24, 2.45) is 16.5 Å². The molecule has 0 saturated carbocycles. The van der Waals surface area contributed by atoms with Gasteiger partial charge in [0, 0.05) is 12.1 Å². The van der Waals surface area contributed by atoms with Crippen LogP contribution < -0.4 is 16.9 Å². The fourth-order valence-electron chi connectivity index (χ4n) is 1.67. The summed E-state index contributed by atoms with van der Waals surface area (Å²) in [5.41, 5.74) is 12.9. The monoisotopic (exact) mass is 307 g/mol. The zero-order valence-electron chi connectivity index (χ0n) is 11.8. The third kappa shape index (κ3) is 5.67. The van der Waals surface area contributed by atoms with Crippen LogP contribution in [0.4, 0.5) is 0 Å². The van der Waals surface area contributed by atoms with Gasteiger partial charge in [0.2, 0.25) is 11.6 Å². The Hall–Kier alpha value is -2.81. The van der Waals surface area contributed by atoms with Crippen LogP contribution in [0.5, 0.6) is 0 Å². The van der Waals surface area contributed by atoms with Crippen LogP contribution in [0.1, 0.15) is 23.2 Å². The predicted molar refractivity (Wildman–Crippen MR) is 79.6 cm³/mol. The van der Waals surface area contributed by atoms with E-state index in [1.165, 1.54) is 0 Å². The molecule has 1 atom stereocenters. The van der Waals surface area contributed by atoms with Crippen molar-refractivity contribution in [3.63, 3.8) is 0 Å². The molecule has 0 radical (unpaired) electrons. The number of hydrogen-bond donors (Lipinski definition) is 3. The van der Waals surface area contributed by atoms with Crippen LogP contribution in [0, 0.1) is 10.1 Å². The number of rotatable bonds is 8. The van der Waals surface area contributed by atoms with Crippen LogP contribution in [-0.2, 0) is 4.79 Å². The number of nitro groups is 1. The molecule has 0 spiro atoms. The smallest absolute Gasteiger partial charge is 0.251 e. The molecule has 0 aliphatic carbocycles. The Morgan fingerprint density at radius 1 is 1.32 bits per heavy atom. The lowest BCUT2D eigenvalue weighted by atomic mass is 10.00. The van der Waals surface area contributed by atoms with E-state index < -0.39 is 22.6 Å². The Morgan fingerprint density at radius 3 is 2.55 bits per heavy atom. The van der Waals surface area contributed by atoms with E-state index in [1.54, 1.807) is 35.8 Å². The third-order valence-electron chi connectivity index (χ3n) is 2.76. The molecule has 22 heavy (non-hydrogen) atoms. The first-order valence-corrected chi connectivity index (χ1v) is 6.52. The molecule has 0 aliphatic heterocycles. The van der Waals surface area contributed by atoms with Crippen molar-refractivity contribution in [1.82, 2.24) is 5.43 Å². The number of Topliss-reactive ketones (excluding diaryl/α,β-unsaturated/α-hetero) is 2. The molecule has 1 rings (SSSR count). The summed E-state index contributed by atoms with van der Waals surface area (Å²) in [6.07, 6.45) is 0.599. The number of benzene rings is 1. The maximum Gasteiger partial charge on any atom is 0.251 e. The minimum Gasteiger partial charge on any atom is -0.365 e. The zero-order valence-corrected chi connectivity index (χ0v) is 11.8. The van der Waals surface area contributed by atoms with Gasteiger partial charge in [0.1, 0.15) is 0 Å². The number of ketones is 2. The van der Waals surface area contributed by atoms with Gasteiger partial charge in [-0.15, -0.1) is 0 Å². The van der Waals surface area contributed by atoms with E-state index in [0.29, 0.717) is 12.0 Å². The molecule has 0 aromatic heterocycles. The van der Waals surface area contributed by atoms with Gasteiger partial charge in [0.25, 0.3) is 5.96 Å². The van der Waals surface area contributed by atoms with Crippen molar-refractivity contribution in [3.8, 4) is 0 Å². The second-order valence-corrected chi connectivity index (χ2v) is 4.44. The van der Waals surface area contributed by atoms with Gasteiger partial charge in [-0.25, -0.2) is 15.1 Å². The minimum absolute atomic E-state index is 0.160. The third-order valence-corrected chi connectivity index (χ3v) is 2.76. The molecule has 1 aromatic carbocycles. The van der Waals surface area contributed by atoms with Crippen molar-refractivity contribution >= 4 is 17.5 Å². The maximum absolute atomic E-state index is 11.9. The first-order chi connectivity index (χ1) is 10.4. The highest BCUT2D eigenvalue weighted by atomic mass is 16.7. The summed E-state index contributed by atoms with van der Waals surface area (Å²) in [5, 5.41) is 9.25. The topological polar surface area (TPSA) is 154 Å². The summed E-state index contributed by atoms with van der Waals surface area (Å²) >= 11 is 0. The van der Waals surface area contributed by atoms with E-state index in [0.717, 1.165) is 0 Å². The van der Waals surface area contributed by atoms with Crippen molar-refractivity contribution in [2.45, 2.75) is 18.9 Å². The fourth-order valence-corrected chi connectivity index (χ4v) is 1.67. The van der Waals surface area contributed by atoms with E-state index in [1.807, 2.05) is 0 Å². The quantitative estimate of drug-likeness (QED) is 0.113. The van der Waals surface area contributed by atoms with Gasteiger partial charge in [-0.05, 0) is 12.8 Å². The highest BCUT2D eigenvalue weighted by molar-refractivity contribution is 6.45. The Labute approximate surface area is 126 Å². The molecular weight excluding hydrogens is 290 g/mol. The summed E-state index contributed by atoms with van der Waals surface area (Å²) in [7, 11) is 0. The van der Waals surface area contributed by atoms with Crippen LogP contribution >= 0.6 is 0 Å². The highest BCUT2D eigenvalue weighted by Crippen LogP contribution is 2.05. The number of guanidine groups is 1. The molecule has 9 heteroatoms. The van der Waals surface area contributed by atoms with E-state index in [9.17, 15) is 19.7 Å². The molecule has 5 N–H and O–H groups in total. The first kappa shape index (κ1) is 17.2. The Kier molecular flexibility index (Phi) is 6.64. The average Bonchev–Trinajstić information content (AvgIpc) is 2.50. The van der Waals surface area contributed by atoms with E-state index >= 15 is 0 Å². The minimum atomic E-state index is -0.937. The molecule has 0 amide bonds. The molecule has 0 saturated heterocycles. The number of hydrogen-bond acceptors (Lipinski definition) is 6. The summed E-state index contributed by atoms with van der Waals surface area (Å²) in [4.78, 5) is 37.5. The number of carbonyl (C=O) groups excluding carboxylic acids is 2. The summed E-state index contributed by atoms with van der Waals surface area (Å²) in [5.74, 6) is -1.64. The van der Waals surface area contributed by atoms with Gasteiger partial charge in [-0.3, -0.25) is 9.59 Å². The molecule has 118 valence electrons. The van der Waals surface area contributed by atoms with Gasteiger partial charge in [-0.1, -0.05) is 35.8 Å². The van der Waals surface area contributed by atoms with Crippen LogP contribution in [-0.4, -0.2) is 35.1 Å². The lowest BCUT2D eigenvalue weighted by molar-refractivity contribution is -0.525. The van der Waals surface area contributed by atoms with E-state index in [-0.39, 0.29) is 18.9 Å². The van der Waals surface area contributed by atoms with Gasteiger partial charge < -0.3 is 11.5 Å². The van der Waals surface area contributed by atoms with Crippen molar-refractivity contribution in [1.29, 1.82) is 0 Å². The van der Waals surface area contributed by atoms with E-state index in [4.69, 9.17) is 11.5 Å². The van der Waals surface area contributed by atoms with Gasteiger partial charge in [0.15, 0.2) is 5.03 Å². The predicted octanol–water partition coefficient (Wildman–Crippen LogP) is -0.358. The van der Waals surface area contributed by atoms with Gasteiger partial charge in [-0.2, -0.15) is 0 Å². The fraction of sp³-hybridized carbons (Fsp3) is 0.308. The first-order valence-electron chi connectivity index (χ1n) is 6.52. The normalized spacial score (nSPS) is 12.5. The molecule has 1 unspecified atom stereocenters.